The second-order valence-electron chi connectivity index (χ2n) is 5.63. The number of halogens is 1. The largest absolute Gasteiger partial charge is 0.314 e. The van der Waals surface area contributed by atoms with E-state index >= 15 is 0 Å². The number of hydrogen-bond acceptors (Lipinski definition) is 1. The van der Waals surface area contributed by atoms with Crippen molar-refractivity contribution in [3.63, 3.8) is 0 Å². The molecule has 1 unspecified atom stereocenters. The van der Waals surface area contributed by atoms with Gasteiger partial charge in [0.1, 0.15) is 5.82 Å². The molecule has 0 aliphatic heterocycles. The predicted octanol–water partition coefficient (Wildman–Crippen LogP) is 4.88. The Hall–Kier alpha value is -0.890. The molecule has 2 heteroatoms. The van der Waals surface area contributed by atoms with Crippen molar-refractivity contribution >= 4 is 0 Å². The fourth-order valence-corrected chi connectivity index (χ4v) is 2.37. The van der Waals surface area contributed by atoms with Gasteiger partial charge in [0.05, 0.1) is 0 Å². The number of hydrogen-bond donors (Lipinski definition) is 1. The van der Waals surface area contributed by atoms with Crippen LogP contribution < -0.4 is 5.32 Å². The van der Waals surface area contributed by atoms with E-state index in [2.05, 4.69) is 26.1 Å². The van der Waals surface area contributed by atoms with Gasteiger partial charge in [0.15, 0.2) is 0 Å². The molecule has 1 N–H and O–H groups in total. The van der Waals surface area contributed by atoms with E-state index in [1.807, 2.05) is 12.1 Å². The summed E-state index contributed by atoms with van der Waals surface area (Å²) in [5.41, 5.74) is 0.868. The van der Waals surface area contributed by atoms with Crippen molar-refractivity contribution in [2.45, 2.75) is 64.8 Å². The monoisotopic (exact) mass is 265 g/mol. The first kappa shape index (κ1) is 16.2. The van der Waals surface area contributed by atoms with Gasteiger partial charge in [-0.3, -0.25) is 0 Å². The molecule has 0 spiro atoms. The Morgan fingerprint density at radius 3 is 2.47 bits per heavy atom. The zero-order chi connectivity index (χ0) is 14.1. The molecule has 0 radical (unpaired) electrons. The second kappa shape index (κ2) is 9.08. The molecule has 1 aromatic rings. The summed E-state index contributed by atoms with van der Waals surface area (Å²) in [6, 6.07) is 7.66. The maximum atomic E-state index is 13.9. The summed E-state index contributed by atoms with van der Waals surface area (Å²) in [5.74, 6) is 0.231. The highest BCUT2D eigenvalue weighted by molar-refractivity contribution is 5.22. The fourth-order valence-electron chi connectivity index (χ4n) is 2.37. The molecule has 0 fully saturated rings. The molecule has 1 atom stereocenters. The lowest BCUT2D eigenvalue weighted by atomic mass is 9.92. The number of rotatable bonds is 9. The third-order valence-corrected chi connectivity index (χ3v) is 3.52. The van der Waals surface area contributed by atoms with Gasteiger partial charge in [-0.25, -0.2) is 4.39 Å². The SMILES string of the molecule is CCCCCCC(CNC(C)C)c1ccccc1F. The lowest BCUT2D eigenvalue weighted by Crippen LogP contribution is -2.28. The Morgan fingerprint density at radius 1 is 1.11 bits per heavy atom. The Balaban J connectivity index is 2.60. The quantitative estimate of drug-likeness (QED) is 0.628. The summed E-state index contributed by atoms with van der Waals surface area (Å²) < 4.78 is 13.9. The van der Waals surface area contributed by atoms with Crippen molar-refractivity contribution in [1.82, 2.24) is 5.32 Å². The van der Waals surface area contributed by atoms with Crippen LogP contribution in [0.4, 0.5) is 4.39 Å². The molecule has 0 bridgehead atoms. The third kappa shape index (κ3) is 6.20. The first-order chi connectivity index (χ1) is 9.15. The first-order valence-corrected chi connectivity index (χ1v) is 7.63. The van der Waals surface area contributed by atoms with Crippen molar-refractivity contribution in [3.05, 3.63) is 35.6 Å². The van der Waals surface area contributed by atoms with Crippen LogP contribution in [-0.2, 0) is 0 Å². The highest BCUT2D eigenvalue weighted by atomic mass is 19.1. The van der Waals surface area contributed by atoms with Gasteiger partial charge in [-0.2, -0.15) is 0 Å². The normalized spacial score (nSPS) is 12.9. The van der Waals surface area contributed by atoms with E-state index in [1.54, 1.807) is 12.1 Å². The van der Waals surface area contributed by atoms with Crippen molar-refractivity contribution in [1.29, 1.82) is 0 Å². The molecule has 1 nitrogen and oxygen atoms in total. The van der Waals surface area contributed by atoms with Gasteiger partial charge < -0.3 is 5.32 Å². The maximum Gasteiger partial charge on any atom is 0.126 e. The minimum atomic E-state index is -0.0615. The van der Waals surface area contributed by atoms with Crippen molar-refractivity contribution in [2.75, 3.05) is 6.54 Å². The van der Waals surface area contributed by atoms with Gasteiger partial charge in [0.25, 0.3) is 0 Å². The average Bonchev–Trinajstić information content (AvgIpc) is 2.39. The van der Waals surface area contributed by atoms with Crippen LogP contribution in [0.2, 0.25) is 0 Å². The molecule has 0 heterocycles. The molecule has 1 aromatic carbocycles. The van der Waals surface area contributed by atoms with E-state index in [0.29, 0.717) is 12.0 Å². The summed E-state index contributed by atoms with van der Waals surface area (Å²) in [5, 5.41) is 3.45. The van der Waals surface area contributed by atoms with Crippen LogP contribution in [0.1, 0.15) is 64.4 Å². The van der Waals surface area contributed by atoms with E-state index in [-0.39, 0.29) is 5.82 Å². The molecule has 0 aromatic heterocycles. The van der Waals surface area contributed by atoms with Crippen molar-refractivity contribution in [2.24, 2.45) is 0 Å². The Kier molecular flexibility index (Phi) is 7.73. The zero-order valence-electron chi connectivity index (χ0n) is 12.6. The van der Waals surface area contributed by atoms with Crippen LogP contribution in [0.25, 0.3) is 0 Å². The molecular weight excluding hydrogens is 237 g/mol. The van der Waals surface area contributed by atoms with E-state index < -0.39 is 0 Å². The fraction of sp³-hybridized carbons (Fsp3) is 0.647. The third-order valence-electron chi connectivity index (χ3n) is 3.52. The Morgan fingerprint density at radius 2 is 1.84 bits per heavy atom. The standard InChI is InChI=1S/C17H28FN/c1-4-5-6-7-10-15(13-19-14(2)3)16-11-8-9-12-17(16)18/h8-9,11-12,14-15,19H,4-7,10,13H2,1-3H3. The second-order valence-corrected chi connectivity index (χ2v) is 5.63. The molecule has 0 amide bonds. The average molecular weight is 265 g/mol. The predicted molar refractivity (Wildman–Crippen MR) is 81.0 cm³/mol. The first-order valence-electron chi connectivity index (χ1n) is 7.63. The summed E-state index contributed by atoms with van der Waals surface area (Å²) in [7, 11) is 0. The minimum Gasteiger partial charge on any atom is -0.314 e. The van der Waals surface area contributed by atoms with Crippen LogP contribution in [0.3, 0.4) is 0 Å². The summed E-state index contributed by atoms with van der Waals surface area (Å²) in [4.78, 5) is 0. The lowest BCUT2D eigenvalue weighted by molar-refractivity contribution is 0.470. The van der Waals surface area contributed by atoms with Gasteiger partial charge in [0.2, 0.25) is 0 Å². The number of benzene rings is 1. The Labute approximate surface area is 117 Å². The zero-order valence-corrected chi connectivity index (χ0v) is 12.6. The molecule has 0 saturated heterocycles. The van der Waals surface area contributed by atoms with Crippen LogP contribution in [0, 0.1) is 5.82 Å². The molecule has 0 aliphatic carbocycles. The highest BCUT2D eigenvalue weighted by Crippen LogP contribution is 2.24. The maximum absolute atomic E-state index is 13.9. The molecule has 0 saturated carbocycles. The minimum absolute atomic E-state index is 0.0615. The van der Waals surface area contributed by atoms with E-state index in [1.165, 1.54) is 25.7 Å². The van der Waals surface area contributed by atoms with Gasteiger partial charge in [0, 0.05) is 12.6 Å². The van der Waals surface area contributed by atoms with Crippen LogP contribution >= 0.6 is 0 Å². The van der Waals surface area contributed by atoms with Crippen LogP contribution in [0.5, 0.6) is 0 Å². The Bertz CT molecular complexity index is 349. The van der Waals surface area contributed by atoms with Crippen LogP contribution in [0.15, 0.2) is 24.3 Å². The van der Waals surface area contributed by atoms with Crippen LogP contribution in [-0.4, -0.2) is 12.6 Å². The molecule has 19 heavy (non-hydrogen) atoms. The van der Waals surface area contributed by atoms with Gasteiger partial charge in [-0.05, 0) is 24.0 Å². The van der Waals surface area contributed by atoms with E-state index in [9.17, 15) is 4.39 Å². The van der Waals surface area contributed by atoms with Gasteiger partial charge >= 0.3 is 0 Å². The summed E-state index contributed by atoms with van der Waals surface area (Å²) in [6.45, 7) is 7.35. The molecular formula is C17H28FN. The molecule has 1 rings (SSSR count). The molecule has 108 valence electrons. The topological polar surface area (TPSA) is 12.0 Å². The molecule has 0 aliphatic rings. The summed E-state index contributed by atoms with van der Waals surface area (Å²) in [6.07, 6.45) is 6.03. The van der Waals surface area contributed by atoms with E-state index in [0.717, 1.165) is 18.5 Å². The van der Waals surface area contributed by atoms with Gasteiger partial charge in [-0.15, -0.1) is 0 Å². The van der Waals surface area contributed by atoms with Crippen molar-refractivity contribution in [3.8, 4) is 0 Å². The van der Waals surface area contributed by atoms with Gasteiger partial charge in [-0.1, -0.05) is 64.7 Å². The lowest BCUT2D eigenvalue weighted by Gasteiger charge is -2.20. The highest BCUT2D eigenvalue weighted by Gasteiger charge is 2.15. The smallest absolute Gasteiger partial charge is 0.126 e. The summed E-state index contributed by atoms with van der Waals surface area (Å²) >= 11 is 0. The number of unbranched alkanes of at least 4 members (excludes halogenated alkanes) is 3. The van der Waals surface area contributed by atoms with Crippen molar-refractivity contribution < 1.29 is 4.39 Å². The number of nitrogens with one attached hydrogen (secondary N) is 1. The van der Waals surface area contributed by atoms with E-state index in [4.69, 9.17) is 0 Å².